The van der Waals surface area contributed by atoms with Gasteiger partial charge < -0.3 is 0 Å². The van der Waals surface area contributed by atoms with Crippen LogP contribution in [0.25, 0.3) is 11.1 Å². The van der Waals surface area contributed by atoms with Gasteiger partial charge in [0.2, 0.25) is 0 Å². The molecule has 0 aliphatic carbocycles. The second-order valence-electron chi connectivity index (χ2n) is 5.01. The number of benzene rings is 2. The van der Waals surface area contributed by atoms with Crippen molar-refractivity contribution in [3.8, 4) is 11.1 Å². The van der Waals surface area contributed by atoms with Gasteiger partial charge in [-0.2, -0.15) is 5.10 Å². The Hall–Kier alpha value is -1.91. The summed E-state index contributed by atoms with van der Waals surface area (Å²) in [4.78, 5) is 3.99. The summed E-state index contributed by atoms with van der Waals surface area (Å²) in [7, 11) is -0.409. The van der Waals surface area contributed by atoms with E-state index in [1.54, 1.807) is 12.7 Å². The second-order valence-corrected chi connectivity index (χ2v) is 7.15. The van der Waals surface area contributed by atoms with Crippen molar-refractivity contribution in [2.24, 2.45) is 0 Å². The van der Waals surface area contributed by atoms with E-state index >= 15 is 0 Å². The zero-order valence-electron chi connectivity index (χ0n) is 11.8. The molecule has 5 heteroatoms. The van der Waals surface area contributed by atoms with E-state index in [9.17, 15) is 0 Å². The van der Waals surface area contributed by atoms with Gasteiger partial charge in [0.15, 0.2) is 0 Å². The summed E-state index contributed by atoms with van der Waals surface area (Å²) < 4.78 is 1.92. The number of hydrogen-bond acceptors (Lipinski definition) is 2. The average molecular weight is 314 g/mol. The van der Waals surface area contributed by atoms with Crippen LogP contribution in [-0.4, -0.2) is 24.3 Å². The predicted octanol–water partition coefficient (Wildman–Crippen LogP) is 2.36. The van der Waals surface area contributed by atoms with Gasteiger partial charge >= 0.3 is 0 Å². The third-order valence-corrected chi connectivity index (χ3v) is 5.92. The molecule has 0 saturated heterocycles. The molecule has 3 rings (SSSR count). The van der Waals surface area contributed by atoms with Crippen molar-refractivity contribution in [1.29, 1.82) is 0 Å². The van der Waals surface area contributed by atoms with Crippen LogP contribution in [0.4, 0.5) is 0 Å². The first-order valence-electron chi connectivity index (χ1n) is 6.91. The Morgan fingerprint density at radius 2 is 1.95 bits per heavy atom. The predicted molar refractivity (Wildman–Crippen MR) is 89.8 cm³/mol. The van der Waals surface area contributed by atoms with E-state index in [1.807, 2.05) is 16.8 Å². The molecular weight excluding hydrogens is 298 g/mol. The molecule has 21 heavy (non-hydrogen) atoms. The van der Waals surface area contributed by atoms with E-state index in [1.165, 1.54) is 21.9 Å². The van der Waals surface area contributed by atoms with Gasteiger partial charge in [-0.25, -0.2) is 4.98 Å². The fourth-order valence-corrected chi connectivity index (χ4v) is 4.17. The smallest absolute Gasteiger partial charge is 0.137 e. The lowest BCUT2D eigenvalue weighted by Gasteiger charge is -2.11. The molecule has 2 aromatic carbocycles. The third-order valence-electron chi connectivity index (χ3n) is 3.68. The fourth-order valence-electron chi connectivity index (χ4n) is 2.48. The summed E-state index contributed by atoms with van der Waals surface area (Å²) in [6.07, 6.45) is 4.35. The van der Waals surface area contributed by atoms with Crippen LogP contribution in [0, 0.1) is 6.92 Å². The second kappa shape index (κ2) is 6.24. The maximum absolute atomic E-state index is 5.97. The first-order chi connectivity index (χ1) is 10.2. The Bertz CT molecular complexity index is 724. The van der Waals surface area contributed by atoms with Gasteiger partial charge in [-0.1, -0.05) is 47.1 Å². The minimum Gasteiger partial charge on any atom is -0.256 e. The highest BCUT2D eigenvalue weighted by Crippen LogP contribution is 2.23. The third kappa shape index (κ3) is 3.23. The van der Waals surface area contributed by atoms with Gasteiger partial charge in [-0.3, -0.25) is 4.68 Å². The standard InChI is InChI=1S/C16H16ClN3Si/c1-12-15(13-5-7-14(17)8-6-13)3-2-4-16(12)21-11-20-10-18-9-19-20/h2-10H,11,21H2,1H3. The summed E-state index contributed by atoms with van der Waals surface area (Å²) in [6, 6.07) is 14.6. The molecule has 3 aromatic rings. The zero-order valence-corrected chi connectivity index (χ0v) is 14.0. The summed E-state index contributed by atoms with van der Waals surface area (Å²) in [5.41, 5.74) is 3.87. The molecule has 0 unspecified atom stereocenters. The van der Waals surface area contributed by atoms with E-state index in [-0.39, 0.29) is 0 Å². The maximum Gasteiger partial charge on any atom is 0.137 e. The molecule has 0 bridgehead atoms. The number of nitrogens with zero attached hydrogens (tertiary/aromatic N) is 3. The molecule has 0 spiro atoms. The van der Waals surface area contributed by atoms with Gasteiger partial charge in [0, 0.05) is 11.2 Å². The van der Waals surface area contributed by atoms with Crippen molar-refractivity contribution in [2.75, 3.05) is 0 Å². The number of hydrogen-bond donors (Lipinski definition) is 0. The minimum atomic E-state index is -0.409. The summed E-state index contributed by atoms with van der Waals surface area (Å²) in [5, 5.41) is 6.42. The molecule has 0 fully saturated rings. The molecule has 0 radical (unpaired) electrons. The van der Waals surface area contributed by atoms with Crippen LogP contribution in [0.3, 0.4) is 0 Å². The van der Waals surface area contributed by atoms with Crippen molar-refractivity contribution in [2.45, 2.75) is 13.1 Å². The van der Waals surface area contributed by atoms with Crippen LogP contribution >= 0.6 is 11.6 Å². The highest BCUT2D eigenvalue weighted by atomic mass is 35.5. The van der Waals surface area contributed by atoms with Gasteiger partial charge in [0.05, 0.1) is 9.52 Å². The van der Waals surface area contributed by atoms with Crippen LogP contribution < -0.4 is 5.19 Å². The molecule has 0 atom stereocenters. The van der Waals surface area contributed by atoms with Crippen molar-refractivity contribution in [1.82, 2.24) is 14.8 Å². The van der Waals surface area contributed by atoms with Crippen LogP contribution in [0.2, 0.25) is 5.02 Å². The molecule has 3 nitrogen and oxygen atoms in total. The van der Waals surface area contributed by atoms with E-state index in [0.717, 1.165) is 11.2 Å². The molecule has 0 aliphatic rings. The quantitative estimate of drug-likeness (QED) is 0.692. The van der Waals surface area contributed by atoms with E-state index < -0.39 is 9.52 Å². The van der Waals surface area contributed by atoms with Crippen LogP contribution in [0.15, 0.2) is 55.1 Å². The molecule has 0 N–H and O–H groups in total. The molecule has 0 amide bonds. The summed E-state index contributed by atoms with van der Waals surface area (Å²) in [5.74, 6) is 0. The Labute approximate surface area is 131 Å². The van der Waals surface area contributed by atoms with E-state index in [0.29, 0.717) is 0 Å². The van der Waals surface area contributed by atoms with Gasteiger partial charge in [0.25, 0.3) is 0 Å². The first-order valence-corrected chi connectivity index (χ1v) is 8.99. The van der Waals surface area contributed by atoms with Crippen molar-refractivity contribution < 1.29 is 0 Å². The van der Waals surface area contributed by atoms with Crippen LogP contribution in [0.5, 0.6) is 0 Å². The Morgan fingerprint density at radius 3 is 2.67 bits per heavy atom. The minimum absolute atomic E-state index is 0.409. The lowest BCUT2D eigenvalue weighted by atomic mass is 10.0. The summed E-state index contributed by atoms with van der Waals surface area (Å²) in [6.45, 7) is 2.20. The molecule has 1 heterocycles. The summed E-state index contributed by atoms with van der Waals surface area (Å²) >= 11 is 5.97. The van der Waals surface area contributed by atoms with E-state index in [2.05, 4.69) is 47.3 Å². The Balaban J connectivity index is 1.86. The maximum atomic E-state index is 5.97. The first kappa shape index (κ1) is 14.0. The number of halogens is 1. The lowest BCUT2D eigenvalue weighted by molar-refractivity contribution is 0.738. The van der Waals surface area contributed by atoms with Gasteiger partial charge in [0.1, 0.15) is 12.7 Å². The number of aromatic nitrogens is 3. The average Bonchev–Trinajstić information content (AvgIpc) is 3.01. The monoisotopic (exact) mass is 313 g/mol. The normalized spacial score (nSPS) is 11.3. The van der Waals surface area contributed by atoms with Gasteiger partial charge in [-0.05, 0) is 35.7 Å². The number of rotatable bonds is 4. The highest BCUT2D eigenvalue weighted by molar-refractivity contribution is 6.53. The van der Waals surface area contributed by atoms with Crippen molar-refractivity contribution in [3.63, 3.8) is 0 Å². The van der Waals surface area contributed by atoms with Crippen molar-refractivity contribution >= 4 is 26.3 Å². The largest absolute Gasteiger partial charge is 0.256 e. The topological polar surface area (TPSA) is 30.7 Å². The van der Waals surface area contributed by atoms with Crippen molar-refractivity contribution in [3.05, 3.63) is 65.7 Å². The zero-order chi connectivity index (χ0) is 14.7. The van der Waals surface area contributed by atoms with Gasteiger partial charge in [-0.15, -0.1) is 0 Å². The lowest BCUT2D eigenvalue weighted by Crippen LogP contribution is -2.23. The Morgan fingerprint density at radius 1 is 1.14 bits per heavy atom. The van der Waals surface area contributed by atoms with Crippen LogP contribution in [0.1, 0.15) is 5.56 Å². The molecule has 0 aliphatic heterocycles. The fraction of sp³-hybridized carbons (Fsp3) is 0.125. The highest BCUT2D eigenvalue weighted by Gasteiger charge is 2.07. The molecule has 0 saturated carbocycles. The van der Waals surface area contributed by atoms with E-state index in [4.69, 9.17) is 11.6 Å². The molecule has 106 valence electrons. The Kier molecular flexibility index (Phi) is 4.17. The molecule has 1 aromatic heterocycles. The SMILES string of the molecule is Cc1c([SiH2]Cn2cncn2)cccc1-c1ccc(Cl)cc1. The van der Waals surface area contributed by atoms with Crippen LogP contribution in [-0.2, 0) is 6.17 Å². The molecular formula is C16H16ClN3Si.